The fraction of sp³-hybridized carbons (Fsp3) is 0.381. The number of benzene rings is 2. The third kappa shape index (κ3) is 5.89. The monoisotopic (exact) mass is 372 g/mol. The van der Waals surface area contributed by atoms with Crippen LogP contribution in [0, 0.1) is 6.92 Å². The molecule has 0 aliphatic heterocycles. The van der Waals surface area contributed by atoms with Gasteiger partial charge in [-0.15, -0.1) is 0 Å². The van der Waals surface area contributed by atoms with E-state index in [1.54, 1.807) is 14.2 Å². The predicted molar refractivity (Wildman–Crippen MR) is 106 cm³/mol. The lowest BCUT2D eigenvalue weighted by Crippen LogP contribution is -2.36. The van der Waals surface area contributed by atoms with E-state index in [1.165, 1.54) is 0 Å². The largest absolute Gasteiger partial charge is 0.493 e. The van der Waals surface area contributed by atoms with Crippen molar-refractivity contribution in [1.82, 2.24) is 10.2 Å². The first-order chi connectivity index (χ1) is 12.9. The zero-order valence-electron chi connectivity index (χ0n) is 16.6. The van der Waals surface area contributed by atoms with E-state index in [0.29, 0.717) is 23.8 Å². The topological polar surface area (TPSA) is 60.0 Å². The smallest absolute Gasteiger partial charge is 0.258 e. The Labute approximate surface area is 161 Å². The highest BCUT2D eigenvalue weighted by Crippen LogP contribution is 2.31. The molecule has 0 saturated carbocycles. The van der Waals surface area contributed by atoms with Gasteiger partial charge in [-0.1, -0.05) is 23.8 Å². The van der Waals surface area contributed by atoms with Crippen molar-refractivity contribution in [3.8, 4) is 17.2 Å². The number of methoxy groups -OCH3 is 2. The third-order valence-corrected chi connectivity index (χ3v) is 4.30. The van der Waals surface area contributed by atoms with E-state index in [9.17, 15) is 4.79 Å². The number of nitrogens with zero attached hydrogens (tertiary/aromatic N) is 1. The highest BCUT2D eigenvalue weighted by atomic mass is 16.5. The van der Waals surface area contributed by atoms with E-state index in [0.717, 1.165) is 11.1 Å². The van der Waals surface area contributed by atoms with Crippen molar-refractivity contribution >= 4 is 5.91 Å². The standard InChI is InChI=1S/C21H28N2O4/c1-15-6-9-17(10-7-15)27-14-21(24)22-13-18(23(2)3)16-8-11-19(25-4)20(12-16)26-5/h6-12,18H,13-14H2,1-5H3,(H,22,24). The lowest BCUT2D eigenvalue weighted by Gasteiger charge is -2.26. The van der Waals surface area contributed by atoms with Crippen LogP contribution in [0.3, 0.4) is 0 Å². The lowest BCUT2D eigenvalue weighted by atomic mass is 10.1. The third-order valence-electron chi connectivity index (χ3n) is 4.30. The van der Waals surface area contributed by atoms with Crippen molar-refractivity contribution in [2.45, 2.75) is 13.0 Å². The zero-order chi connectivity index (χ0) is 19.8. The number of ether oxygens (including phenoxy) is 3. The molecule has 0 fully saturated rings. The molecule has 27 heavy (non-hydrogen) atoms. The van der Waals surface area contributed by atoms with E-state index in [-0.39, 0.29) is 18.6 Å². The second-order valence-corrected chi connectivity index (χ2v) is 6.50. The second kappa shape index (κ2) is 9.83. The molecule has 146 valence electrons. The number of carbonyl (C=O) groups excluding carboxylic acids is 1. The number of hydrogen-bond acceptors (Lipinski definition) is 5. The molecule has 1 unspecified atom stereocenters. The maximum atomic E-state index is 12.2. The van der Waals surface area contributed by atoms with Crippen molar-refractivity contribution in [3.63, 3.8) is 0 Å². The average molecular weight is 372 g/mol. The van der Waals surface area contributed by atoms with Gasteiger partial charge in [0.05, 0.1) is 20.3 Å². The van der Waals surface area contributed by atoms with Crippen LogP contribution in [0.4, 0.5) is 0 Å². The van der Waals surface area contributed by atoms with Crippen LogP contribution in [0.25, 0.3) is 0 Å². The molecule has 0 bridgehead atoms. The fourth-order valence-electron chi connectivity index (χ4n) is 2.70. The Hall–Kier alpha value is -2.73. The number of carbonyl (C=O) groups is 1. The zero-order valence-corrected chi connectivity index (χ0v) is 16.6. The second-order valence-electron chi connectivity index (χ2n) is 6.50. The molecule has 0 saturated heterocycles. The van der Waals surface area contributed by atoms with E-state index in [4.69, 9.17) is 14.2 Å². The van der Waals surface area contributed by atoms with Crippen LogP contribution < -0.4 is 19.5 Å². The molecule has 0 aliphatic rings. The quantitative estimate of drug-likeness (QED) is 0.733. The van der Waals surface area contributed by atoms with Crippen molar-refractivity contribution in [1.29, 1.82) is 0 Å². The van der Waals surface area contributed by atoms with Gasteiger partial charge in [-0.25, -0.2) is 0 Å². The predicted octanol–water partition coefficient (Wildman–Crippen LogP) is 2.81. The van der Waals surface area contributed by atoms with Gasteiger partial charge >= 0.3 is 0 Å². The van der Waals surface area contributed by atoms with Crippen LogP contribution in [0.5, 0.6) is 17.2 Å². The molecule has 1 amide bonds. The summed E-state index contributed by atoms with van der Waals surface area (Å²) < 4.78 is 16.2. The van der Waals surface area contributed by atoms with E-state index in [2.05, 4.69) is 5.32 Å². The Balaban J connectivity index is 1.95. The first-order valence-corrected chi connectivity index (χ1v) is 8.79. The van der Waals surface area contributed by atoms with Crippen molar-refractivity contribution in [2.75, 3.05) is 41.5 Å². The molecule has 2 aromatic carbocycles. The van der Waals surface area contributed by atoms with Crippen LogP contribution in [0.1, 0.15) is 17.2 Å². The summed E-state index contributed by atoms with van der Waals surface area (Å²) >= 11 is 0. The number of amides is 1. The molecule has 0 radical (unpaired) electrons. The molecule has 0 aromatic heterocycles. The Morgan fingerprint density at radius 2 is 1.70 bits per heavy atom. The van der Waals surface area contributed by atoms with Gasteiger partial charge in [0.2, 0.25) is 0 Å². The van der Waals surface area contributed by atoms with Crippen molar-refractivity contribution < 1.29 is 19.0 Å². The molecule has 2 rings (SSSR count). The lowest BCUT2D eigenvalue weighted by molar-refractivity contribution is -0.123. The summed E-state index contributed by atoms with van der Waals surface area (Å²) in [4.78, 5) is 14.2. The van der Waals surface area contributed by atoms with Gasteiger partial charge < -0.3 is 24.4 Å². The van der Waals surface area contributed by atoms with Crippen LogP contribution in [0.15, 0.2) is 42.5 Å². The fourth-order valence-corrected chi connectivity index (χ4v) is 2.70. The van der Waals surface area contributed by atoms with Gasteiger partial charge in [-0.3, -0.25) is 4.79 Å². The number of aryl methyl sites for hydroxylation is 1. The first kappa shape index (κ1) is 20.6. The van der Waals surface area contributed by atoms with Crippen LogP contribution in [-0.2, 0) is 4.79 Å². The summed E-state index contributed by atoms with van der Waals surface area (Å²) in [7, 11) is 7.15. The molecule has 0 heterocycles. The summed E-state index contributed by atoms with van der Waals surface area (Å²) in [5.41, 5.74) is 2.17. The minimum Gasteiger partial charge on any atom is -0.493 e. The van der Waals surface area contributed by atoms with Gasteiger partial charge in [-0.05, 0) is 50.8 Å². The molecule has 1 N–H and O–H groups in total. The minimum atomic E-state index is -0.164. The summed E-state index contributed by atoms with van der Waals surface area (Å²) in [5.74, 6) is 1.85. The van der Waals surface area contributed by atoms with Crippen molar-refractivity contribution in [3.05, 3.63) is 53.6 Å². The van der Waals surface area contributed by atoms with E-state index >= 15 is 0 Å². The van der Waals surface area contributed by atoms with Crippen LogP contribution in [0.2, 0.25) is 0 Å². The van der Waals surface area contributed by atoms with E-state index in [1.807, 2.05) is 68.4 Å². The Morgan fingerprint density at radius 3 is 2.30 bits per heavy atom. The number of hydrogen-bond donors (Lipinski definition) is 1. The average Bonchev–Trinajstić information content (AvgIpc) is 2.67. The molecule has 6 heteroatoms. The van der Waals surface area contributed by atoms with Gasteiger partial charge in [0.15, 0.2) is 18.1 Å². The van der Waals surface area contributed by atoms with Crippen LogP contribution >= 0.6 is 0 Å². The molecule has 1 atom stereocenters. The maximum absolute atomic E-state index is 12.2. The Bertz CT molecular complexity index is 744. The SMILES string of the molecule is COc1ccc(C(CNC(=O)COc2ccc(C)cc2)N(C)C)cc1OC. The maximum Gasteiger partial charge on any atom is 0.258 e. The number of rotatable bonds is 9. The molecule has 0 aliphatic carbocycles. The highest BCUT2D eigenvalue weighted by Gasteiger charge is 2.17. The summed E-state index contributed by atoms with van der Waals surface area (Å²) in [6.45, 7) is 2.44. The molecule has 0 spiro atoms. The van der Waals surface area contributed by atoms with Gasteiger partial charge in [0.1, 0.15) is 5.75 Å². The van der Waals surface area contributed by atoms with Gasteiger partial charge in [0.25, 0.3) is 5.91 Å². The van der Waals surface area contributed by atoms with Crippen LogP contribution in [-0.4, -0.2) is 52.3 Å². The first-order valence-electron chi connectivity index (χ1n) is 8.79. The summed E-state index contributed by atoms with van der Waals surface area (Å²) in [6.07, 6.45) is 0. The molecule has 6 nitrogen and oxygen atoms in total. The summed E-state index contributed by atoms with van der Waals surface area (Å²) in [5, 5.41) is 2.93. The molecule has 2 aromatic rings. The minimum absolute atomic E-state index is 0.00636. The number of likely N-dealkylation sites (N-methyl/N-ethyl adjacent to an activating group) is 1. The van der Waals surface area contributed by atoms with E-state index < -0.39 is 0 Å². The normalized spacial score (nSPS) is 11.8. The highest BCUT2D eigenvalue weighted by molar-refractivity contribution is 5.77. The summed E-state index contributed by atoms with van der Waals surface area (Å²) in [6, 6.07) is 13.4. The Kier molecular flexibility index (Phi) is 7.49. The Morgan fingerprint density at radius 1 is 1.04 bits per heavy atom. The number of nitrogens with one attached hydrogen (secondary N) is 1. The molecular formula is C21H28N2O4. The van der Waals surface area contributed by atoms with Crippen molar-refractivity contribution in [2.24, 2.45) is 0 Å². The molecular weight excluding hydrogens is 344 g/mol. The van der Waals surface area contributed by atoms with Gasteiger partial charge in [-0.2, -0.15) is 0 Å². The van der Waals surface area contributed by atoms with Gasteiger partial charge in [0, 0.05) is 6.54 Å².